The van der Waals surface area contributed by atoms with E-state index in [1.165, 1.54) is 6.21 Å². The monoisotopic (exact) mass is 350 g/mol. The molecule has 0 unspecified atom stereocenters. The summed E-state index contributed by atoms with van der Waals surface area (Å²) >= 11 is 0. The largest absolute Gasteiger partial charge is 0.497 e. The van der Waals surface area contributed by atoms with E-state index in [9.17, 15) is 9.59 Å². The molecule has 3 aliphatic rings. The lowest BCUT2D eigenvalue weighted by Gasteiger charge is -2.13. The minimum atomic E-state index is -0.267. The second-order valence-corrected chi connectivity index (χ2v) is 6.63. The third kappa shape index (κ3) is 2.48. The van der Waals surface area contributed by atoms with E-state index < -0.39 is 0 Å². The van der Waals surface area contributed by atoms with Crippen molar-refractivity contribution < 1.29 is 19.1 Å². The van der Waals surface area contributed by atoms with Crippen LogP contribution in [0.1, 0.15) is 12.0 Å². The van der Waals surface area contributed by atoms with Crippen LogP contribution in [-0.2, 0) is 9.59 Å². The maximum atomic E-state index is 12.7. The SMILES string of the molecule is C#CCOc1ccc(OC)cc1/C=N\N1C(=O)[C@H]2[C@H](C1=O)[C@H]1C=C[C@H]2C1. The average molecular weight is 350 g/mol. The van der Waals surface area contributed by atoms with Gasteiger partial charge in [0.2, 0.25) is 0 Å². The van der Waals surface area contributed by atoms with Crippen molar-refractivity contribution in [2.24, 2.45) is 28.8 Å². The van der Waals surface area contributed by atoms with E-state index in [1.54, 1.807) is 25.3 Å². The highest BCUT2D eigenvalue weighted by Crippen LogP contribution is 2.52. The van der Waals surface area contributed by atoms with Gasteiger partial charge < -0.3 is 9.47 Å². The highest BCUT2D eigenvalue weighted by molar-refractivity contribution is 6.06. The lowest BCUT2D eigenvalue weighted by Crippen LogP contribution is -2.28. The van der Waals surface area contributed by atoms with Gasteiger partial charge in [0.25, 0.3) is 11.8 Å². The number of nitrogens with zero attached hydrogens (tertiary/aromatic N) is 2. The van der Waals surface area contributed by atoms with Crippen molar-refractivity contribution >= 4 is 18.0 Å². The number of fused-ring (bicyclic) bond motifs is 5. The number of allylic oxidation sites excluding steroid dienone is 2. The van der Waals surface area contributed by atoms with Gasteiger partial charge in [0, 0.05) is 5.56 Å². The summed E-state index contributed by atoms with van der Waals surface area (Å²) in [6, 6.07) is 5.17. The van der Waals surface area contributed by atoms with Gasteiger partial charge in [-0.05, 0) is 36.5 Å². The third-order valence-corrected chi connectivity index (χ3v) is 5.29. The molecule has 0 spiro atoms. The number of amides is 2. The lowest BCUT2D eigenvalue weighted by molar-refractivity contribution is -0.140. The van der Waals surface area contributed by atoms with Crippen molar-refractivity contribution in [1.82, 2.24) is 5.01 Å². The first-order valence-electron chi connectivity index (χ1n) is 8.48. The van der Waals surface area contributed by atoms with Crippen LogP contribution in [-0.4, -0.2) is 36.8 Å². The van der Waals surface area contributed by atoms with E-state index in [-0.39, 0.29) is 42.1 Å². The van der Waals surface area contributed by atoms with Gasteiger partial charge >= 0.3 is 0 Å². The molecule has 132 valence electrons. The minimum absolute atomic E-state index is 0.105. The molecule has 4 atom stereocenters. The van der Waals surface area contributed by atoms with E-state index >= 15 is 0 Å². The number of carbonyl (C=O) groups excluding carboxylic acids is 2. The van der Waals surface area contributed by atoms with Crippen LogP contribution in [0, 0.1) is 36.0 Å². The molecule has 2 fully saturated rings. The zero-order valence-corrected chi connectivity index (χ0v) is 14.3. The van der Waals surface area contributed by atoms with Crippen LogP contribution < -0.4 is 9.47 Å². The van der Waals surface area contributed by atoms with Crippen molar-refractivity contribution in [1.29, 1.82) is 0 Å². The fourth-order valence-electron chi connectivity index (χ4n) is 4.13. The molecular weight excluding hydrogens is 332 g/mol. The highest BCUT2D eigenvalue weighted by atomic mass is 16.5. The van der Waals surface area contributed by atoms with Gasteiger partial charge in [0.05, 0.1) is 25.2 Å². The number of benzene rings is 1. The summed E-state index contributed by atoms with van der Waals surface area (Å²) in [4.78, 5) is 25.3. The molecule has 0 N–H and O–H groups in total. The van der Waals surface area contributed by atoms with Gasteiger partial charge in [0.15, 0.2) is 0 Å². The number of hydrazone groups is 1. The molecule has 1 aromatic rings. The topological polar surface area (TPSA) is 68.2 Å². The summed E-state index contributed by atoms with van der Waals surface area (Å²) in [6.07, 6.45) is 11.7. The Morgan fingerprint density at radius 2 is 1.96 bits per heavy atom. The van der Waals surface area contributed by atoms with Crippen LogP contribution in [0.15, 0.2) is 35.5 Å². The van der Waals surface area contributed by atoms with Crippen molar-refractivity contribution in [3.63, 3.8) is 0 Å². The predicted octanol–water partition coefficient (Wildman–Crippen LogP) is 1.85. The second kappa shape index (κ2) is 6.34. The molecule has 2 amide bonds. The van der Waals surface area contributed by atoms with Crippen LogP contribution in [0.2, 0.25) is 0 Å². The average Bonchev–Trinajstić information content (AvgIpc) is 3.33. The Bertz CT molecular complexity index is 837. The van der Waals surface area contributed by atoms with Gasteiger partial charge in [-0.1, -0.05) is 18.1 Å². The van der Waals surface area contributed by atoms with Crippen LogP contribution in [0.4, 0.5) is 0 Å². The summed E-state index contributed by atoms with van der Waals surface area (Å²) in [5.41, 5.74) is 0.582. The molecule has 1 aliphatic heterocycles. The standard InChI is InChI=1S/C20H18N2O4/c1-3-8-26-16-7-6-15(25-2)10-14(16)11-21-22-19(23)17-12-4-5-13(9-12)18(17)20(22)24/h1,4-7,10-13,17-18H,8-9H2,2H3/b21-11-/t12-,13-,17+,18+/m0/s1. The van der Waals surface area contributed by atoms with Crippen LogP contribution in [0.3, 0.4) is 0 Å². The zero-order valence-electron chi connectivity index (χ0n) is 14.3. The van der Waals surface area contributed by atoms with Crippen molar-refractivity contribution in [3.05, 3.63) is 35.9 Å². The molecule has 1 heterocycles. The molecule has 1 saturated carbocycles. The fourth-order valence-corrected chi connectivity index (χ4v) is 4.13. The van der Waals surface area contributed by atoms with Crippen LogP contribution in [0.25, 0.3) is 0 Å². The van der Waals surface area contributed by atoms with Gasteiger partial charge in [-0.15, -0.1) is 6.42 Å². The summed E-state index contributed by atoms with van der Waals surface area (Å²) in [5, 5.41) is 5.18. The van der Waals surface area contributed by atoms with Gasteiger partial charge in [-0.25, -0.2) is 0 Å². The summed E-state index contributed by atoms with van der Waals surface area (Å²) in [7, 11) is 1.55. The van der Waals surface area contributed by atoms with Gasteiger partial charge in [-0.2, -0.15) is 10.1 Å². The lowest BCUT2D eigenvalue weighted by atomic mass is 9.85. The smallest absolute Gasteiger partial charge is 0.254 e. The number of hydrogen-bond donors (Lipinski definition) is 0. The fraction of sp³-hybridized carbons (Fsp3) is 0.350. The second-order valence-electron chi connectivity index (χ2n) is 6.63. The van der Waals surface area contributed by atoms with Gasteiger partial charge in [0.1, 0.15) is 18.1 Å². The van der Waals surface area contributed by atoms with E-state index in [0.29, 0.717) is 17.1 Å². The minimum Gasteiger partial charge on any atom is -0.497 e. The third-order valence-electron chi connectivity index (χ3n) is 5.29. The molecule has 2 bridgehead atoms. The number of carbonyl (C=O) groups is 2. The zero-order chi connectivity index (χ0) is 18.3. The van der Waals surface area contributed by atoms with Crippen LogP contribution in [0.5, 0.6) is 11.5 Å². The van der Waals surface area contributed by atoms with Crippen molar-refractivity contribution in [3.8, 4) is 23.8 Å². The molecule has 1 saturated heterocycles. The Kier molecular flexibility index (Phi) is 4.00. The summed E-state index contributed by atoms with van der Waals surface area (Å²) in [5.74, 6) is 2.87. The van der Waals surface area contributed by atoms with E-state index in [0.717, 1.165) is 11.4 Å². The number of hydrogen-bond acceptors (Lipinski definition) is 5. The molecule has 2 aliphatic carbocycles. The Balaban J connectivity index is 1.60. The normalized spacial score (nSPS) is 28.7. The molecule has 6 nitrogen and oxygen atoms in total. The maximum absolute atomic E-state index is 12.7. The van der Waals surface area contributed by atoms with E-state index in [1.807, 2.05) is 0 Å². The number of imide groups is 1. The Labute approximate surface area is 151 Å². The Morgan fingerprint density at radius 3 is 2.58 bits per heavy atom. The summed E-state index contributed by atoms with van der Waals surface area (Å²) in [6.45, 7) is 0.105. The van der Waals surface area contributed by atoms with Crippen LogP contribution >= 0.6 is 0 Å². The molecule has 0 radical (unpaired) electrons. The molecule has 4 rings (SSSR count). The first-order chi connectivity index (χ1) is 12.6. The van der Waals surface area contributed by atoms with Crippen molar-refractivity contribution in [2.75, 3.05) is 13.7 Å². The predicted molar refractivity (Wildman–Crippen MR) is 94.5 cm³/mol. The van der Waals surface area contributed by atoms with E-state index in [2.05, 4.69) is 23.2 Å². The molecular formula is C20H18N2O4. The number of ether oxygens (including phenoxy) is 2. The Hall–Kier alpha value is -3.07. The first-order valence-corrected chi connectivity index (χ1v) is 8.48. The summed E-state index contributed by atoms with van der Waals surface area (Å²) < 4.78 is 10.7. The number of rotatable bonds is 5. The number of terminal acetylenes is 1. The highest BCUT2D eigenvalue weighted by Gasteiger charge is 2.59. The quantitative estimate of drug-likeness (QED) is 0.352. The first kappa shape index (κ1) is 16.4. The molecule has 1 aromatic carbocycles. The molecule has 6 heteroatoms. The van der Waals surface area contributed by atoms with Crippen molar-refractivity contribution in [2.45, 2.75) is 6.42 Å². The maximum Gasteiger partial charge on any atom is 0.254 e. The number of methoxy groups -OCH3 is 1. The molecule has 26 heavy (non-hydrogen) atoms. The Morgan fingerprint density at radius 1 is 1.27 bits per heavy atom. The van der Waals surface area contributed by atoms with Gasteiger partial charge in [-0.3, -0.25) is 9.59 Å². The van der Waals surface area contributed by atoms with E-state index in [4.69, 9.17) is 15.9 Å². The molecule has 0 aromatic heterocycles.